The van der Waals surface area contributed by atoms with Crippen LogP contribution >= 0.6 is 0 Å². The first-order valence-corrected chi connectivity index (χ1v) is 7.17. The third kappa shape index (κ3) is 2.59. The minimum absolute atomic E-state index is 0.133. The highest BCUT2D eigenvalue weighted by atomic mass is 16.5. The molecule has 6 heteroatoms. The summed E-state index contributed by atoms with van der Waals surface area (Å²) in [5.41, 5.74) is 0.928. The molecule has 1 amide bonds. The number of nitrogens with zero attached hydrogens (tertiary/aromatic N) is 2. The molecule has 3 rings (SSSR count). The van der Waals surface area contributed by atoms with E-state index in [1.807, 2.05) is 19.9 Å². The van der Waals surface area contributed by atoms with Gasteiger partial charge in [-0.2, -0.15) is 5.10 Å². The smallest absolute Gasteiger partial charge is 0.255 e. The maximum absolute atomic E-state index is 12.4. The standard InChI is InChI=1S/C16H17N3O3/c1-10(2)19-8-11(7-17-19)16(21)18-13-9-22-14-6-4-3-5-12(14)15(13)20/h3-8,10,13H,9H2,1-2H3,(H,18,21)/t13-/m1/s1. The Hall–Kier alpha value is -2.63. The van der Waals surface area contributed by atoms with Crippen LogP contribution in [0.15, 0.2) is 36.7 Å². The number of Topliss-reactive ketones (excluding diaryl/α,β-unsaturated/α-hetero) is 1. The van der Waals surface area contributed by atoms with Crippen LogP contribution in [0.1, 0.15) is 40.6 Å². The van der Waals surface area contributed by atoms with E-state index in [0.717, 1.165) is 0 Å². The number of hydrogen-bond acceptors (Lipinski definition) is 4. The van der Waals surface area contributed by atoms with Crippen LogP contribution in [-0.4, -0.2) is 34.1 Å². The number of rotatable bonds is 3. The lowest BCUT2D eigenvalue weighted by atomic mass is 10.0. The van der Waals surface area contributed by atoms with Crippen LogP contribution in [0, 0.1) is 0 Å². The first kappa shape index (κ1) is 14.3. The van der Waals surface area contributed by atoms with Gasteiger partial charge in [-0.15, -0.1) is 0 Å². The summed E-state index contributed by atoms with van der Waals surface area (Å²) in [6.07, 6.45) is 3.17. The number of amides is 1. The highest BCUT2D eigenvalue weighted by Crippen LogP contribution is 2.24. The van der Waals surface area contributed by atoms with Crippen molar-refractivity contribution in [2.24, 2.45) is 0 Å². The topological polar surface area (TPSA) is 73.2 Å². The van der Waals surface area contributed by atoms with Crippen molar-refractivity contribution in [3.05, 3.63) is 47.8 Å². The Morgan fingerprint density at radius 2 is 2.18 bits per heavy atom. The molecule has 22 heavy (non-hydrogen) atoms. The van der Waals surface area contributed by atoms with Gasteiger partial charge in [-0.25, -0.2) is 0 Å². The fraction of sp³-hybridized carbons (Fsp3) is 0.312. The molecular weight excluding hydrogens is 282 g/mol. The van der Waals surface area contributed by atoms with E-state index in [1.54, 1.807) is 29.1 Å². The second kappa shape index (κ2) is 5.63. The number of para-hydroxylation sites is 1. The van der Waals surface area contributed by atoms with E-state index < -0.39 is 6.04 Å². The van der Waals surface area contributed by atoms with E-state index in [-0.39, 0.29) is 24.3 Å². The Labute approximate surface area is 128 Å². The normalized spacial score (nSPS) is 17.0. The highest BCUT2D eigenvalue weighted by molar-refractivity contribution is 6.06. The van der Waals surface area contributed by atoms with Crippen LogP contribution in [-0.2, 0) is 0 Å². The van der Waals surface area contributed by atoms with Crippen molar-refractivity contribution in [1.82, 2.24) is 15.1 Å². The molecule has 1 aromatic heterocycles. The van der Waals surface area contributed by atoms with Crippen molar-refractivity contribution in [3.63, 3.8) is 0 Å². The van der Waals surface area contributed by atoms with Gasteiger partial charge in [0.2, 0.25) is 0 Å². The van der Waals surface area contributed by atoms with Crippen molar-refractivity contribution in [2.45, 2.75) is 25.9 Å². The van der Waals surface area contributed by atoms with Gasteiger partial charge in [-0.3, -0.25) is 14.3 Å². The summed E-state index contributed by atoms with van der Waals surface area (Å²) in [7, 11) is 0. The van der Waals surface area contributed by atoms with E-state index in [2.05, 4.69) is 10.4 Å². The molecule has 1 aliphatic rings. The highest BCUT2D eigenvalue weighted by Gasteiger charge is 2.30. The molecule has 0 bridgehead atoms. The molecule has 0 spiro atoms. The van der Waals surface area contributed by atoms with Gasteiger partial charge in [-0.05, 0) is 26.0 Å². The molecule has 0 unspecified atom stereocenters. The summed E-state index contributed by atoms with van der Waals surface area (Å²) < 4.78 is 7.23. The van der Waals surface area contributed by atoms with Crippen molar-refractivity contribution in [1.29, 1.82) is 0 Å². The maximum atomic E-state index is 12.4. The lowest BCUT2D eigenvalue weighted by Gasteiger charge is -2.24. The molecule has 6 nitrogen and oxygen atoms in total. The van der Waals surface area contributed by atoms with Crippen molar-refractivity contribution in [3.8, 4) is 5.75 Å². The maximum Gasteiger partial charge on any atom is 0.255 e. The largest absolute Gasteiger partial charge is 0.490 e. The Morgan fingerprint density at radius 3 is 2.91 bits per heavy atom. The third-order valence-corrected chi connectivity index (χ3v) is 3.57. The van der Waals surface area contributed by atoms with Crippen LogP contribution in [0.25, 0.3) is 0 Å². The molecule has 1 N–H and O–H groups in total. The minimum Gasteiger partial charge on any atom is -0.490 e. The van der Waals surface area contributed by atoms with Crippen molar-refractivity contribution >= 4 is 11.7 Å². The van der Waals surface area contributed by atoms with Crippen LogP contribution in [0.2, 0.25) is 0 Å². The van der Waals surface area contributed by atoms with Gasteiger partial charge < -0.3 is 10.1 Å². The van der Waals surface area contributed by atoms with Gasteiger partial charge in [0.05, 0.1) is 17.3 Å². The lowest BCUT2D eigenvalue weighted by molar-refractivity contribution is 0.0795. The van der Waals surface area contributed by atoms with Crippen LogP contribution in [0.5, 0.6) is 5.75 Å². The number of benzene rings is 1. The molecule has 1 atom stereocenters. The first-order chi connectivity index (χ1) is 10.6. The molecule has 0 aliphatic carbocycles. The molecule has 2 heterocycles. The van der Waals surface area contributed by atoms with Gasteiger partial charge in [0.25, 0.3) is 5.91 Å². The monoisotopic (exact) mass is 299 g/mol. The fourth-order valence-corrected chi connectivity index (χ4v) is 2.32. The number of hydrogen-bond donors (Lipinski definition) is 1. The molecule has 0 saturated carbocycles. The third-order valence-electron chi connectivity index (χ3n) is 3.57. The number of fused-ring (bicyclic) bond motifs is 1. The minimum atomic E-state index is -0.676. The predicted octanol–water partition coefficient (Wildman–Crippen LogP) is 1.84. The first-order valence-electron chi connectivity index (χ1n) is 7.17. The predicted molar refractivity (Wildman–Crippen MR) is 80.1 cm³/mol. The average Bonchev–Trinajstić information content (AvgIpc) is 3.00. The van der Waals surface area contributed by atoms with E-state index in [4.69, 9.17) is 4.74 Å². The molecule has 1 aromatic carbocycles. The zero-order chi connectivity index (χ0) is 15.7. The van der Waals surface area contributed by atoms with Gasteiger partial charge in [0, 0.05) is 12.2 Å². The number of ketones is 1. The van der Waals surface area contributed by atoms with Crippen LogP contribution in [0.4, 0.5) is 0 Å². The van der Waals surface area contributed by atoms with E-state index in [9.17, 15) is 9.59 Å². The van der Waals surface area contributed by atoms with E-state index >= 15 is 0 Å². The summed E-state index contributed by atoms with van der Waals surface area (Å²) >= 11 is 0. The molecular formula is C16H17N3O3. The second-order valence-electron chi connectivity index (χ2n) is 5.50. The number of carbonyl (C=O) groups is 2. The molecule has 0 saturated heterocycles. The number of aromatic nitrogens is 2. The van der Waals surface area contributed by atoms with Crippen molar-refractivity contribution in [2.75, 3.05) is 6.61 Å². The molecule has 0 fully saturated rings. The Morgan fingerprint density at radius 1 is 1.41 bits per heavy atom. The van der Waals surface area contributed by atoms with Gasteiger partial charge in [0.15, 0.2) is 5.78 Å². The Balaban J connectivity index is 1.73. The zero-order valence-electron chi connectivity index (χ0n) is 12.4. The SMILES string of the molecule is CC(C)n1cc(C(=O)N[C@@H]2COc3ccccc3C2=O)cn1. The Kier molecular flexibility index (Phi) is 3.66. The number of nitrogens with one attached hydrogen (secondary N) is 1. The quantitative estimate of drug-likeness (QED) is 0.938. The molecule has 2 aromatic rings. The van der Waals surface area contributed by atoms with Gasteiger partial charge >= 0.3 is 0 Å². The second-order valence-corrected chi connectivity index (χ2v) is 5.50. The van der Waals surface area contributed by atoms with Crippen LogP contribution < -0.4 is 10.1 Å². The average molecular weight is 299 g/mol. The molecule has 114 valence electrons. The van der Waals surface area contributed by atoms with Crippen LogP contribution in [0.3, 0.4) is 0 Å². The molecule has 1 aliphatic heterocycles. The lowest BCUT2D eigenvalue weighted by Crippen LogP contribution is -2.47. The summed E-state index contributed by atoms with van der Waals surface area (Å²) in [6, 6.07) is 6.53. The van der Waals surface area contributed by atoms with E-state index in [0.29, 0.717) is 16.9 Å². The van der Waals surface area contributed by atoms with Gasteiger partial charge in [-0.1, -0.05) is 12.1 Å². The number of ether oxygens (including phenoxy) is 1. The summed E-state index contributed by atoms with van der Waals surface area (Å²) in [6.45, 7) is 4.09. The van der Waals surface area contributed by atoms with E-state index in [1.165, 1.54) is 6.20 Å². The Bertz CT molecular complexity index is 721. The molecule has 0 radical (unpaired) electrons. The summed E-state index contributed by atoms with van der Waals surface area (Å²) in [5.74, 6) is 0.102. The summed E-state index contributed by atoms with van der Waals surface area (Å²) in [5, 5.41) is 6.84. The zero-order valence-corrected chi connectivity index (χ0v) is 12.4. The fourth-order valence-electron chi connectivity index (χ4n) is 2.32. The van der Waals surface area contributed by atoms with Gasteiger partial charge in [0.1, 0.15) is 18.4 Å². The summed E-state index contributed by atoms with van der Waals surface area (Å²) in [4.78, 5) is 24.6. The number of carbonyl (C=O) groups excluding carboxylic acids is 2. The van der Waals surface area contributed by atoms with Crippen molar-refractivity contribution < 1.29 is 14.3 Å².